The minimum absolute atomic E-state index is 0.0180. The van der Waals surface area contributed by atoms with Crippen LogP contribution in [0.15, 0.2) is 24.3 Å². The number of amides is 1. The van der Waals surface area contributed by atoms with Gasteiger partial charge in [0.25, 0.3) is 0 Å². The predicted octanol–water partition coefficient (Wildman–Crippen LogP) is 1.67. The molecular weight excluding hydrogens is 240 g/mol. The summed E-state index contributed by atoms with van der Waals surface area (Å²) >= 11 is 0. The van der Waals surface area contributed by atoms with Crippen LogP contribution in [0, 0.1) is 5.92 Å². The number of aliphatic hydroxyl groups excluding tert-OH is 1. The van der Waals surface area contributed by atoms with E-state index >= 15 is 0 Å². The highest BCUT2D eigenvalue weighted by molar-refractivity contribution is 5.93. The van der Waals surface area contributed by atoms with E-state index in [-0.39, 0.29) is 12.5 Å². The molecule has 1 aromatic rings. The minimum Gasteiger partial charge on any atom is -0.396 e. The first-order chi connectivity index (χ1) is 9.10. The maximum Gasteiger partial charge on any atom is 0.238 e. The van der Waals surface area contributed by atoms with Crippen LogP contribution in [-0.4, -0.2) is 42.2 Å². The molecule has 19 heavy (non-hydrogen) atoms. The summed E-state index contributed by atoms with van der Waals surface area (Å²) in [7, 11) is 0. The molecule has 0 unspecified atom stereocenters. The van der Waals surface area contributed by atoms with Gasteiger partial charge in [-0.05, 0) is 17.5 Å². The lowest BCUT2D eigenvalue weighted by atomic mass is 10.0. The fourth-order valence-electron chi connectivity index (χ4n) is 2.43. The number of carbonyl (C=O) groups is 1. The number of carbonyl (C=O) groups excluding carboxylic acids is 1. The molecule has 0 saturated carbocycles. The van der Waals surface area contributed by atoms with Gasteiger partial charge in [0.2, 0.25) is 5.91 Å². The number of anilines is 1. The Bertz CT molecular complexity index is 440. The van der Waals surface area contributed by atoms with Gasteiger partial charge in [-0.2, -0.15) is 0 Å². The number of nitrogens with one attached hydrogen (secondary N) is 1. The smallest absolute Gasteiger partial charge is 0.238 e. The van der Waals surface area contributed by atoms with Crippen LogP contribution in [0.1, 0.15) is 25.3 Å². The molecule has 0 aliphatic carbocycles. The largest absolute Gasteiger partial charge is 0.396 e. The van der Waals surface area contributed by atoms with Crippen molar-refractivity contribution in [1.29, 1.82) is 0 Å². The van der Waals surface area contributed by atoms with Crippen LogP contribution in [0.5, 0.6) is 0 Å². The van der Waals surface area contributed by atoms with Gasteiger partial charge in [-0.3, -0.25) is 9.69 Å². The molecule has 1 saturated heterocycles. The Kier molecular flexibility index (Phi) is 4.56. The van der Waals surface area contributed by atoms with Crippen molar-refractivity contribution in [2.24, 2.45) is 5.92 Å². The molecule has 2 N–H and O–H groups in total. The lowest BCUT2D eigenvalue weighted by Crippen LogP contribution is -2.51. The summed E-state index contributed by atoms with van der Waals surface area (Å²) in [6.07, 6.45) is 0. The van der Waals surface area contributed by atoms with Gasteiger partial charge in [-0.25, -0.2) is 0 Å². The molecule has 1 aliphatic rings. The van der Waals surface area contributed by atoms with E-state index in [0.717, 1.165) is 24.3 Å². The van der Waals surface area contributed by atoms with Crippen molar-refractivity contribution in [2.75, 3.05) is 31.6 Å². The molecule has 0 aromatic heterocycles. The minimum atomic E-state index is 0.0180. The van der Waals surface area contributed by atoms with Gasteiger partial charge in [-0.1, -0.05) is 32.0 Å². The molecule has 0 atom stereocenters. The van der Waals surface area contributed by atoms with E-state index in [0.29, 0.717) is 18.4 Å². The first-order valence-corrected chi connectivity index (χ1v) is 6.82. The molecule has 104 valence electrons. The highest BCUT2D eigenvalue weighted by Gasteiger charge is 2.27. The van der Waals surface area contributed by atoms with Crippen LogP contribution in [0.2, 0.25) is 0 Å². The molecular formula is C15H22N2O2. The molecule has 2 rings (SSSR count). The van der Waals surface area contributed by atoms with Crippen molar-refractivity contribution in [3.05, 3.63) is 29.8 Å². The summed E-state index contributed by atoms with van der Waals surface area (Å²) in [5.74, 6) is 0.750. The molecule has 0 bridgehead atoms. The maximum atomic E-state index is 12.0. The first kappa shape index (κ1) is 14.0. The van der Waals surface area contributed by atoms with Gasteiger partial charge < -0.3 is 10.4 Å². The zero-order valence-corrected chi connectivity index (χ0v) is 11.6. The third kappa shape index (κ3) is 3.55. The number of nitrogens with zero attached hydrogens (tertiary/aromatic N) is 1. The Morgan fingerprint density at radius 3 is 2.74 bits per heavy atom. The van der Waals surface area contributed by atoms with Crippen molar-refractivity contribution in [1.82, 2.24) is 4.90 Å². The third-order valence-electron chi connectivity index (χ3n) is 3.52. The molecule has 1 amide bonds. The number of aliphatic hydroxyl groups is 1. The Morgan fingerprint density at radius 1 is 1.42 bits per heavy atom. The summed E-state index contributed by atoms with van der Waals surface area (Å²) in [4.78, 5) is 14.0. The number of hydrogen-bond acceptors (Lipinski definition) is 3. The van der Waals surface area contributed by atoms with Gasteiger partial charge in [-0.15, -0.1) is 0 Å². The van der Waals surface area contributed by atoms with Gasteiger partial charge >= 0.3 is 0 Å². The van der Waals surface area contributed by atoms with Crippen molar-refractivity contribution in [2.45, 2.75) is 19.8 Å². The normalized spacial score (nSPS) is 16.4. The molecule has 0 radical (unpaired) electrons. The number of rotatable bonds is 5. The average molecular weight is 262 g/mol. The van der Waals surface area contributed by atoms with Crippen molar-refractivity contribution in [3.63, 3.8) is 0 Å². The number of benzene rings is 1. The van der Waals surface area contributed by atoms with Gasteiger partial charge in [0.15, 0.2) is 0 Å². The monoisotopic (exact) mass is 262 g/mol. The summed E-state index contributed by atoms with van der Waals surface area (Å²) in [5.41, 5.74) is 2.06. The highest BCUT2D eigenvalue weighted by Crippen LogP contribution is 2.23. The summed E-state index contributed by atoms with van der Waals surface area (Å²) in [5, 5.41) is 11.9. The molecule has 4 nitrogen and oxygen atoms in total. The zero-order chi connectivity index (χ0) is 13.8. The van der Waals surface area contributed by atoms with Crippen LogP contribution in [0.25, 0.3) is 0 Å². The lowest BCUT2D eigenvalue weighted by Gasteiger charge is -2.37. The van der Waals surface area contributed by atoms with E-state index < -0.39 is 0 Å². The molecule has 1 fully saturated rings. The predicted molar refractivity (Wildman–Crippen MR) is 76.2 cm³/mol. The lowest BCUT2D eigenvalue weighted by molar-refractivity contribution is -0.119. The second-order valence-corrected chi connectivity index (χ2v) is 5.53. The number of para-hydroxylation sites is 1. The highest BCUT2D eigenvalue weighted by atomic mass is 16.3. The topological polar surface area (TPSA) is 52.6 Å². The van der Waals surface area contributed by atoms with Gasteiger partial charge in [0.05, 0.1) is 6.54 Å². The van der Waals surface area contributed by atoms with E-state index in [4.69, 9.17) is 5.11 Å². The average Bonchev–Trinajstić information content (AvgIpc) is 2.33. The molecule has 1 heterocycles. The molecule has 1 aromatic carbocycles. The summed E-state index contributed by atoms with van der Waals surface area (Å²) in [6, 6.07) is 7.92. The third-order valence-corrected chi connectivity index (χ3v) is 3.52. The van der Waals surface area contributed by atoms with Gasteiger partial charge in [0.1, 0.15) is 0 Å². The summed E-state index contributed by atoms with van der Waals surface area (Å²) in [6.45, 7) is 6.49. The van der Waals surface area contributed by atoms with E-state index in [9.17, 15) is 4.79 Å². The Morgan fingerprint density at radius 2 is 2.11 bits per heavy atom. The van der Waals surface area contributed by atoms with E-state index in [1.54, 1.807) is 0 Å². The zero-order valence-electron chi connectivity index (χ0n) is 11.6. The second kappa shape index (κ2) is 6.17. The Hall–Kier alpha value is -1.39. The van der Waals surface area contributed by atoms with Crippen molar-refractivity contribution < 1.29 is 9.90 Å². The molecule has 1 aliphatic heterocycles. The van der Waals surface area contributed by atoms with Crippen molar-refractivity contribution >= 4 is 11.6 Å². The standard InChI is InChI=1S/C15H22N2O2/c1-11(2)13-5-3-4-6-14(13)16-15(19)9-17-7-12(8-17)10-18/h3-6,11-12,18H,7-10H2,1-2H3,(H,16,19). The Balaban J connectivity index is 1.89. The Labute approximate surface area is 114 Å². The fraction of sp³-hybridized carbons (Fsp3) is 0.533. The maximum absolute atomic E-state index is 12.0. The van der Waals surface area contributed by atoms with Crippen LogP contribution < -0.4 is 5.32 Å². The fourth-order valence-corrected chi connectivity index (χ4v) is 2.43. The van der Waals surface area contributed by atoms with E-state index in [2.05, 4.69) is 19.2 Å². The SMILES string of the molecule is CC(C)c1ccccc1NC(=O)CN1CC(CO)C1. The van der Waals surface area contributed by atoms with E-state index in [1.165, 1.54) is 0 Å². The quantitative estimate of drug-likeness (QED) is 0.848. The second-order valence-electron chi connectivity index (χ2n) is 5.53. The van der Waals surface area contributed by atoms with Crippen molar-refractivity contribution in [3.8, 4) is 0 Å². The van der Waals surface area contributed by atoms with E-state index in [1.807, 2.05) is 29.2 Å². The van der Waals surface area contributed by atoms with Gasteiger partial charge in [0, 0.05) is 31.3 Å². The number of likely N-dealkylation sites (tertiary alicyclic amines) is 1. The molecule has 0 spiro atoms. The van der Waals surface area contributed by atoms with Crippen LogP contribution in [0.4, 0.5) is 5.69 Å². The molecule has 4 heteroatoms. The summed E-state index contributed by atoms with van der Waals surface area (Å²) < 4.78 is 0. The number of hydrogen-bond donors (Lipinski definition) is 2. The van der Waals surface area contributed by atoms with Crippen LogP contribution >= 0.6 is 0 Å². The van der Waals surface area contributed by atoms with Crippen LogP contribution in [-0.2, 0) is 4.79 Å². The van der Waals surface area contributed by atoms with Crippen LogP contribution in [0.3, 0.4) is 0 Å². The first-order valence-electron chi connectivity index (χ1n) is 6.82.